The Morgan fingerprint density at radius 1 is 1.00 bits per heavy atom. The number of hydrogen-bond acceptors (Lipinski definition) is 3. The molecule has 0 spiro atoms. The molecule has 0 aromatic heterocycles. The highest BCUT2D eigenvalue weighted by Gasteiger charge is 2.31. The second kappa shape index (κ2) is 4.80. The monoisotopic (exact) mass is 174 g/mol. The summed E-state index contributed by atoms with van der Waals surface area (Å²) in [5.74, 6) is 0. The Morgan fingerprint density at radius 2 is 1.50 bits per heavy atom. The summed E-state index contributed by atoms with van der Waals surface area (Å²) < 4.78 is 5.25. The van der Waals surface area contributed by atoms with Gasteiger partial charge in [0.25, 0.3) is 0 Å². The van der Waals surface area contributed by atoms with Crippen LogP contribution in [0.4, 0.5) is 0 Å². The highest BCUT2D eigenvalue weighted by molar-refractivity contribution is 4.81. The molecule has 1 heterocycles. The number of aliphatic hydroxyl groups is 2. The molecule has 1 aliphatic heterocycles. The van der Waals surface area contributed by atoms with Crippen LogP contribution in [0.1, 0.15) is 25.7 Å². The fourth-order valence-corrected chi connectivity index (χ4v) is 1.90. The van der Waals surface area contributed by atoms with Crippen molar-refractivity contribution in [1.82, 2.24) is 0 Å². The average molecular weight is 174 g/mol. The van der Waals surface area contributed by atoms with E-state index in [-0.39, 0.29) is 18.6 Å². The molecule has 0 aliphatic carbocycles. The van der Waals surface area contributed by atoms with Crippen LogP contribution >= 0.6 is 0 Å². The van der Waals surface area contributed by atoms with Crippen molar-refractivity contribution < 1.29 is 14.9 Å². The molecule has 0 amide bonds. The molecule has 3 heteroatoms. The van der Waals surface area contributed by atoms with E-state index in [1.165, 1.54) is 0 Å². The lowest BCUT2D eigenvalue weighted by atomic mass is 9.75. The quantitative estimate of drug-likeness (QED) is 0.654. The molecule has 0 unspecified atom stereocenters. The molecule has 72 valence electrons. The van der Waals surface area contributed by atoms with Gasteiger partial charge in [-0.25, -0.2) is 0 Å². The summed E-state index contributed by atoms with van der Waals surface area (Å²) in [5.41, 5.74) is 0.155. The van der Waals surface area contributed by atoms with Gasteiger partial charge in [-0.1, -0.05) is 0 Å². The molecular weight excluding hydrogens is 156 g/mol. The molecule has 1 aliphatic rings. The van der Waals surface area contributed by atoms with E-state index >= 15 is 0 Å². The van der Waals surface area contributed by atoms with E-state index in [4.69, 9.17) is 14.9 Å². The fraction of sp³-hybridized carbons (Fsp3) is 1.00. The number of aliphatic hydroxyl groups excluding tert-OH is 2. The second-order valence-electron chi connectivity index (χ2n) is 3.56. The van der Waals surface area contributed by atoms with E-state index < -0.39 is 0 Å². The van der Waals surface area contributed by atoms with Gasteiger partial charge in [0.1, 0.15) is 0 Å². The molecular formula is C9H18O3. The standard InChI is InChI=1S/C9H18O3/c10-5-1-9(2-6-11)3-7-12-8-4-9/h10-11H,1-8H2. The molecule has 0 atom stereocenters. The van der Waals surface area contributed by atoms with Crippen molar-refractivity contribution in [3.05, 3.63) is 0 Å². The minimum atomic E-state index is 0.155. The lowest BCUT2D eigenvalue weighted by Gasteiger charge is -2.36. The summed E-state index contributed by atoms with van der Waals surface area (Å²) in [6, 6.07) is 0. The van der Waals surface area contributed by atoms with Gasteiger partial charge in [-0.3, -0.25) is 0 Å². The molecule has 0 aromatic rings. The van der Waals surface area contributed by atoms with E-state index in [0.29, 0.717) is 0 Å². The minimum Gasteiger partial charge on any atom is -0.396 e. The zero-order valence-electron chi connectivity index (χ0n) is 7.46. The van der Waals surface area contributed by atoms with Crippen LogP contribution in [0.15, 0.2) is 0 Å². The predicted molar refractivity (Wildman–Crippen MR) is 45.9 cm³/mol. The van der Waals surface area contributed by atoms with Crippen LogP contribution < -0.4 is 0 Å². The third-order valence-electron chi connectivity index (χ3n) is 2.84. The number of ether oxygens (including phenoxy) is 1. The Bertz CT molecular complexity index is 103. The summed E-state index contributed by atoms with van der Waals surface area (Å²) in [7, 11) is 0. The number of rotatable bonds is 4. The van der Waals surface area contributed by atoms with Crippen LogP contribution in [0, 0.1) is 5.41 Å². The zero-order chi connectivity index (χ0) is 8.86. The van der Waals surface area contributed by atoms with Gasteiger partial charge in [0.15, 0.2) is 0 Å². The van der Waals surface area contributed by atoms with Crippen LogP contribution in [0.25, 0.3) is 0 Å². The van der Waals surface area contributed by atoms with Crippen LogP contribution in [0.3, 0.4) is 0 Å². The average Bonchev–Trinajstić information content (AvgIpc) is 2.07. The van der Waals surface area contributed by atoms with E-state index in [1.54, 1.807) is 0 Å². The van der Waals surface area contributed by atoms with Crippen molar-refractivity contribution in [3.63, 3.8) is 0 Å². The first-order valence-corrected chi connectivity index (χ1v) is 4.62. The van der Waals surface area contributed by atoms with Gasteiger partial charge in [-0.05, 0) is 31.1 Å². The second-order valence-corrected chi connectivity index (χ2v) is 3.56. The minimum absolute atomic E-state index is 0.155. The molecule has 3 nitrogen and oxygen atoms in total. The largest absolute Gasteiger partial charge is 0.396 e. The maximum Gasteiger partial charge on any atom is 0.0471 e. The van der Waals surface area contributed by atoms with Gasteiger partial charge >= 0.3 is 0 Å². The van der Waals surface area contributed by atoms with Crippen molar-refractivity contribution >= 4 is 0 Å². The van der Waals surface area contributed by atoms with E-state index in [0.717, 1.165) is 38.9 Å². The van der Waals surface area contributed by atoms with Crippen molar-refractivity contribution in [2.75, 3.05) is 26.4 Å². The van der Waals surface area contributed by atoms with Crippen LogP contribution in [-0.2, 0) is 4.74 Å². The van der Waals surface area contributed by atoms with Crippen LogP contribution in [0.2, 0.25) is 0 Å². The smallest absolute Gasteiger partial charge is 0.0471 e. The van der Waals surface area contributed by atoms with E-state index in [2.05, 4.69) is 0 Å². The first-order chi connectivity index (χ1) is 5.83. The Labute approximate surface area is 73.4 Å². The highest BCUT2D eigenvalue weighted by Crippen LogP contribution is 2.36. The molecule has 1 rings (SSSR count). The van der Waals surface area contributed by atoms with Gasteiger partial charge in [0, 0.05) is 26.4 Å². The molecule has 0 radical (unpaired) electrons. The summed E-state index contributed by atoms with van der Waals surface area (Å²) in [4.78, 5) is 0. The van der Waals surface area contributed by atoms with Crippen molar-refractivity contribution in [2.24, 2.45) is 5.41 Å². The molecule has 0 bridgehead atoms. The lowest BCUT2D eigenvalue weighted by molar-refractivity contribution is -0.0100. The normalized spacial score (nSPS) is 22.5. The molecule has 0 saturated carbocycles. The lowest BCUT2D eigenvalue weighted by Crippen LogP contribution is -2.31. The van der Waals surface area contributed by atoms with E-state index in [9.17, 15) is 0 Å². The summed E-state index contributed by atoms with van der Waals surface area (Å²) in [5, 5.41) is 17.8. The Balaban J connectivity index is 2.44. The van der Waals surface area contributed by atoms with Crippen molar-refractivity contribution in [3.8, 4) is 0 Å². The molecule has 12 heavy (non-hydrogen) atoms. The van der Waals surface area contributed by atoms with Crippen molar-refractivity contribution in [1.29, 1.82) is 0 Å². The summed E-state index contributed by atoms with van der Waals surface area (Å²) in [6.07, 6.45) is 3.57. The van der Waals surface area contributed by atoms with Gasteiger partial charge in [0.05, 0.1) is 0 Å². The van der Waals surface area contributed by atoms with Crippen LogP contribution in [-0.4, -0.2) is 36.6 Å². The molecule has 0 aromatic carbocycles. The maximum atomic E-state index is 8.89. The first kappa shape index (κ1) is 9.96. The SMILES string of the molecule is OCCC1(CCO)CCOCC1. The Kier molecular flexibility index (Phi) is 3.98. The highest BCUT2D eigenvalue weighted by atomic mass is 16.5. The molecule has 1 saturated heterocycles. The molecule has 1 fully saturated rings. The van der Waals surface area contributed by atoms with Crippen LogP contribution in [0.5, 0.6) is 0 Å². The topological polar surface area (TPSA) is 49.7 Å². The zero-order valence-corrected chi connectivity index (χ0v) is 7.46. The van der Waals surface area contributed by atoms with Crippen molar-refractivity contribution in [2.45, 2.75) is 25.7 Å². The maximum absolute atomic E-state index is 8.89. The summed E-state index contributed by atoms with van der Waals surface area (Å²) in [6.45, 7) is 2.00. The van der Waals surface area contributed by atoms with Gasteiger partial charge < -0.3 is 14.9 Å². The Hall–Kier alpha value is -0.120. The van der Waals surface area contributed by atoms with Gasteiger partial charge in [-0.2, -0.15) is 0 Å². The summed E-state index contributed by atoms with van der Waals surface area (Å²) >= 11 is 0. The first-order valence-electron chi connectivity index (χ1n) is 4.62. The number of hydrogen-bond donors (Lipinski definition) is 2. The Morgan fingerprint density at radius 3 is 1.92 bits per heavy atom. The van der Waals surface area contributed by atoms with Gasteiger partial charge in [0.2, 0.25) is 0 Å². The molecule has 2 N–H and O–H groups in total. The third kappa shape index (κ3) is 2.44. The predicted octanol–water partition coefficient (Wildman–Crippen LogP) is 0.548. The third-order valence-corrected chi connectivity index (χ3v) is 2.84. The van der Waals surface area contributed by atoms with E-state index in [1.807, 2.05) is 0 Å². The fourth-order valence-electron chi connectivity index (χ4n) is 1.90. The van der Waals surface area contributed by atoms with Gasteiger partial charge in [-0.15, -0.1) is 0 Å².